The molecule has 2 N–H and O–H groups in total. The second kappa shape index (κ2) is 5.69. The van der Waals surface area contributed by atoms with Crippen LogP contribution in [-0.4, -0.2) is 42.4 Å². The van der Waals surface area contributed by atoms with Crippen LogP contribution in [0, 0.1) is 5.92 Å². The van der Waals surface area contributed by atoms with E-state index in [9.17, 15) is 18.0 Å². The lowest BCUT2D eigenvalue weighted by molar-refractivity contribution is -0.142. The van der Waals surface area contributed by atoms with Crippen LogP contribution >= 0.6 is 0 Å². The number of aliphatic carboxylic acids is 1. The van der Waals surface area contributed by atoms with Gasteiger partial charge in [-0.15, -0.1) is 0 Å². The monoisotopic (exact) mass is 277 g/mol. The van der Waals surface area contributed by atoms with Crippen LogP contribution in [0.4, 0.5) is 0 Å². The highest BCUT2D eigenvalue weighted by Crippen LogP contribution is 2.20. The Balaban J connectivity index is 2.68. The average Bonchev–Trinajstić information content (AvgIpc) is 2.26. The fourth-order valence-corrected chi connectivity index (χ4v) is 3.72. The fourth-order valence-electron chi connectivity index (χ4n) is 1.91. The standard InChI is InChI=1S/C11H19NO5S/c1-7(11(14)15)8(2)12-10(13)9-5-3-4-6-18(9,16)17/h7-9H,3-6H2,1-2H3,(H,12,13)(H,14,15). The maximum absolute atomic E-state index is 11.9. The molecule has 104 valence electrons. The van der Waals surface area contributed by atoms with E-state index in [2.05, 4.69) is 5.32 Å². The minimum absolute atomic E-state index is 0.0357. The van der Waals surface area contributed by atoms with Crippen LogP contribution in [0.15, 0.2) is 0 Å². The highest BCUT2D eigenvalue weighted by atomic mass is 32.2. The van der Waals surface area contributed by atoms with Crippen LogP contribution in [0.1, 0.15) is 33.1 Å². The zero-order valence-corrected chi connectivity index (χ0v) is 11.4. The van der Waals surface area contributed by atoms with E-state index >= 15 is 0 Å². The number of rotatable bonds is 4. The second-order valence-electron chi connectivity index (χ2n) is 4.78. The van der Waals surface area contributed by atoms with E-state index in [0.29, 0.717) is 19.3 Å². The molecule has 6 nitrogen and oxygen atoms in total. The Labute approximate surface area is 107 Å². The number of carboxylic acid groups (broad SMARTS) is 1. The average molecular weight is 277 g/mol. The van der Waals surface area contributed by atoms with Gasteiger partial charge in [-0.2, -0.15) is 0 Å². The summed E-state index contributed by atoms with van der Waals surface area (Å²) < 4.78 is 23.5. The molecule has 0 aromatic carbocycles. The van der Waals surface area contributed by atoms with Gasteiger partial charge in [0.25, 0.3) is 0 Å². The molecule has 1 fully saturated rings. The molecule has 0 spiro atoms. The Hall–Kier alpha value is -1.11. The van der Waals surface area contributed by atoms with Gasteiger partial charge in [-0.1, -0.05) is 6.42 Å². The number of nitrogens with one attached hydrogen (secondary N) is 1. The molecule has 1 rings (SSSR count). The molecule has 1 saturated heterocycles. The van der Waals surface area contributed by atoms with Gasteiger partial charge in [0.15, 0.2) is 9.84 Å². The minimum Gasteiger partial charge on any atom is -0.481 e. The Bertz CT molecular complexity index is 431. The van der Waals surface area contributed by atoms with Gasteiger partial charge >= 0.3 is 5.97 Å². The molecule has 0 radical (unpaired) electrons. The van der Waals surface area contributed by atoms with Crippen molar-refractivity contribution < 1.29 is 23.1 Å². The van der Waals surface area contributed by atoms with Crippen molar-refractivity contribution in [1.82, 2.24) is 5.32 Å². The molecule has 1 aliphatic heterocycles. The van der Waals surface area contributed by atoms with Gasteiger partial charge in [0, 0.05) is 6.04 Å². The van der Waals surface area contributed by atoms with Crippen molar-refractivity contribution in [3.8, 4) is 0 Å². The van der Waals surface area contributed by atoms with Crippen LogP contribution in [0.25, 0.3) is 0 Å². The Morgan fingerprint density at radius 1 is 1.28 bits per heavy atom. The van der Waals surface area contributed by atoms with Crippen molar-refractivity contribution >= 4 is 21.7 Å². The fraction of sp³-hybridized carbons (Fsp3) is 0.818. The van der Waals surface area contributed by atoms with Crippen LogP contribution in [0.3, 0.4) is 0 Å². The molecule has 3 atom stereocenters. The van der Waals surface area contributed by atoms with E-state index in [1.54, 1.807) is 6.92 Å². The topological polar surface area (TPSA) is 101 Å². The summed E-state index contributed by atoms with van der Waals surface area (Å²) in [4.78, 5) is 22.6. The number of hydrogen-bond acceptors (Lipinski definition) is 4. The van der Waals surface area contributed by atoms with Crippen molar-refractivity contribution in [2.45, 2.75) is 44.4 Å². The number of hydrogen-bond donors (Lipinski definition) is 2. The summed E-state index contributed by atoms with van der Waals surface area (Å²) in [5.74, 6) is -2.31. The molecule has 0 aliphatic carbocycles. The lowest BCUT2D eigenvalue weighted by Gasteiger charge is -2.24. The molecule has 0 aromatic heterocycles. The largest absolute Gasteiger partial charge is 0.481 e. The molecule has 0 saturated carbocycles. The quantitative estimate of drug-likeness (QED) is 0.763. The van der Waals surface area contributed by atoms with Gasteiger partial charge in [-0.3, -0.25) is 9.59 Å². The van der Waals surface area contributed by atoms with E-state index in [-0.39, 0.29) is 5.75 Å². The first-order valence-electron chi connectivity index (χ1n) is 6.00. The van der Waals surface area contributed by atoms with E-state index < -0.39 is 38.9 Å². The van der Waals surface area contributed by atoms with Gasteiger partial charge in [-0.25, -0.2) is 8.42 Å². The summed E-state index contributed by atoms with van der Waals surface area (Å²) in [5.41, 5.74) is 0. The normalized spacial score (nSPS) is 26.0. The van der Waals surface area contributed by atoms with Crippen LogP contribution in [0.5, 0.6) is 0 Å². The molecule has 3 unspecified atom stereocenters. The highest BCUT2D eigenvalue weighted by molar-refractivity contribution is 7.92. The number of carboxylic acids is 1. The van der Waals surface area contributed by atoms with Crippen molar-refractivity contribution in [2.75, 3.05) is 5.75 Å². The van der Waals surface area contributed by atoms with Crippen molar-refractivity contribution in [2.24, 2.45) is 5.92 Å². The first-order valence-corrected chi connectivity index (χ1v) is 7.72. The molecule has 1 amide bonds. The molecule has 1 heterocycles. The summed E-state index contributed by atoms with van der Waals surface area (Å²) >= 11 is 0. The summed E-state index contributed by atoms with van der Waals surface area (Å²) in [6.45, 7) is 3.04. The van der Waals surface area contributed by atoms with E-state index in [1.807, 2.05) is 0 Å². The zero-order valence-electron chi connectivity index (χ0n) is 10.5. The summed E-state index contributed by atoms with van der Waals surface area (Å²) in [5, 5.41) is 10.3. The first kappa shape index (κ1) is 14.9. The maximum atomic E-state index is 11.9. The van der Waals surface area contributed by atoms with Gasteiger partial charge < -0.3 is 10.4 Å². The first-order chi connectivity index (χ1) is 8.25. The third-order valence-electron chi connectivity index (χ3n) is 3.38. The molecule has 0 aromatic rings. The van der Waals surface area contributed by atoms with Gasteiger partial charge in [0.05, 0.1) is 11.7 Å². The number of carbonyl (C=O) groups is 2. The Morgan fingerprint density at radius 2 is 1.89 bits per heavy atom. The van der Waals surface area contributed by atoms with Gasteiger partial charge in [0.1, 0.15) is 5.25 Å². The third kappa shape index (κ3) is 3.44. The number of carbonyl (C=O) groups excluding carboxylic acids is 1. The predicted molar refractivity (Wildman–Crippen MR) is 65.8 cm³/mol. The molecular weight excluding hydrogens is 258 g/mol. The van der Waals surface area contributed by atoms with Crippen molar-refractivity contribution in [3.05, 3.63) is 0 Å². The third-order valence-corrected chi connectivity index (χ3v) is 5.56. The Kier molecular flexibility index (Phi) is 4.72. The second-order valence-corrected chi connectivity index (χ2v) is 7.08. The smallest absolute Gasteiger partial charge is 0.308 e. The summed E-state index contributed by atoms with van der Waals surface area (Å²) in [6.07, 6.45) is 1.62. The van der Waals surface area contributed by atoms with Gasteiger partial charge in [0.2, 0.25) is 5.91 Å². The SMILES string of the molecule is CC(NC(=O)C1CCCCS1(=O)=O)C(C)C(=O)O. The lowest BCUT2D eigenvalue weighted by Crippen LogP contribution is -2.48. The number of sulfone groups is 1. The molecule has 18 heavy (non-hydrogen) atoms. The predicted octanol–water partition coefficient (Wildman–Crippen LogP) is 0.179. The van der Waals surface area contributed by atoms with Crippen molar-refractivity contribution in [1.29, 1.82) is 0 Å². The van der Waals surface area contributed by atoms with Gasteiger partial charge in [-0.05, 0) is 26.7 Å². The molecule has 7 heteroatoms. The zero-order chi connectivity index (χ0) is 13.9. The molecule has 1 aliphatic rings. The van der Waals surface area contributed by atoms with E-state index in [1.165, 1.54) is 6.92 Å². The summed E-state index contributed by atoms with van der Waals surface area (Å²) in [6, 6.07) is -0.591. The molecular formula is C11H19NO5S. The minimum atomic E-state index is -3.37. The van der Waals surface area contributed by atoms with Crippen LogP contribution < -0.4 is 5.32 Å². The van der Waals surface area contributed by atoms with Crippen molar-refractivity contribution in [3.63, 3.8) is 0 Å². The Morgan fingerprint density at radius 3 is 2.39 bits per heavy atom. The number of amides is 1. The van der Waals surface area contributed by atoms with Crippen LogP contribution in [-0.2, 0) is 19.4 Å². The van der Waals surface area contributed by atoms with E-state index in [0.717, 1.165) is 0 Å². The lowest BCUT2D eigenvalue weighted by atomic mass is 10.0. The maximum Gasteiger partial charge on any atom is 0.308 e. The van der Waals surface area contributed by atoms with Crippen LogP contribution in [0.2, 0.25) is 0 Å². The highest BCUT2D eigenvalue weighted by Gasteiger charge is 2.36. The van der Waals surface area contributed by atoms with E-state index in [4.69, 9.17) is 5.11 Å². The summed E-state index contributed by atoms with van der Waals surface area (Å²) in [7, 11) is -3.37. The molecule has 0 bridgehead atoms.